The molecule has 0 radical (unpaired) electrons. The van der Waals surface area contributed by atoms with Crippen molar-refractivity contribution in [3.8, 4) is 0 Å². The van der Waals surface area contributed by atoms with Crippen LogP contribution in [0.3, 0.4) is 0 Å². The van der Waals surface area contributed by atoms with Crippen LogP contribution in [-0.4, -0.2) is 16.0 Å². The summed E-state index contributed by atoms with van der Waals surface area (Å²) in [7, 11) is 0. The Bertz CT molecular complexity index is 435. The molecule has 0 aliphatic heterocycles. The van der Waals surface area contributed by atoms with Crippen LogP contribution in [0.1, 0.15) is 15.2 Å². The van der Waals surface area contributed by atoms with Crippen LogP contribution < -0.4 is 0 Å². The topological polar surface area (TPSA) is 45.8 Å². The first-order valence-corrected chi connectivity index (χ1v) is 5.27. The van der Waals surface area contributed by atoms with E-state index in [1.807, 2.05) is 5.38 Å². The Hall–Kier alpha value is -1.13. The molecule has 14 heavy (non-hydrogen) atoms. The minimum Gasteiger partial charge on any atom is -0.294 e. The number of Topliss-reactive ketones (excluding diaryl/α,β-unsaturated/α-hetero) is 1. The van der Waals surface area contributed by atoms with Crippen molar-refractivity contribution in [2.45, 2.75) is 6.42 Å². The number of hydrogen-bond donors (Lipinski definition) is 1. The molecule has 0 saturated carbocycles. The Balaban J connectivity index is 2.13. The minimum atomic E-state index is 0.0306. The molecule has 0 saturated heterocycles. The summed E-state index contributed by atoms with van der Waals surface area (Å²) in [6.45, 7) is 0. The summed E-state index contributed by atoms with van der Waals surface area (Å²) in [5.74, 6) is 0.0306. The highest BCUT2D eigenvalue weighted by molar-refractivity contribution is 7.10. The van der Waals surface area contributed by atoms with Crippen LogP contribution in [-0.2, 0) is 6.42 Å². The van der Waals surface area contributed by atoms with Gasteiger partial charge in [0.1, 0.15) is 0 Å². The van der Waals surface area contributed by atoms with Gasteiger partial charge in [0.15, 0.2) is 5.78 Å². The van der Waals surface area contributed by atoms with E-state index in [4.69, 9.17) is 11.6 Å². The Kier molecular flexibility index (Phi) is 2.65. The zero-order chi connectivity index (χ0) is 9.97. The van der Waals surface area contributed by atoms with Gasteiger partial charge < -0.3 is 0 Å². The second kappa shape index (κ2) is 3.94. The van der Waals surface area contributed by atoms with Crippen molar-refractivity contribution in [2.24, 2.45) is 0 Å². The third kappa shape index (κ3) is 1.86. The fourth-order valence-corrected chi connectivity index (χ4v) is 2.20. The van der Waals surface area contributed by atoms with Gasteiger partial charge in [-0.05, 0) is 11.4 Å². The average molecular weight is 227 g/mol. The SMILES string of the molecule is O=C(Cc1sccc1Cl)c1cn[nH]c1. The second-order valence-electron chi connectivity index (χ2n) is 2.78. The first-order chi connectivity index (χ1) is 6.77. The molecule has 0 aromatic carbocycles. The van der Waals surface area contributed by atoms with Crippen molar-refractivity contribution in [1.82, 2.24) is 10.2 Å². The molecule has 0 spiro atoms. The molecule has 0 amide bonds. The van der Waals surface area contributed by atoms with Crippen LogP contribution in [0, 0.1) is 0 Å². The molecular formula is C9H7ClN2OS. The summed E-state index contributed by atoms with van der Waals surface area (Å²) < 4.78 is 0. The van der Waals surface area contributed by atoms with E-state index in [0.29, 0.717) is 17.0 Å². The molecular weight excluding hydrogens is 220 g/mol. The third-order valence-corrected chi connectivity index (χ3v) is 3.22. The smallest absolute Gasteiger partial charge is 0.171 e. The summed E-state index contributed by atoms with van der Waals surface area (Å²) >= 11 is 7.37. The largest absolute Gasteiger partial charge is 0.294 e. The first kappa shape index (κ1) is 9.43. The van der Waals surface area contributed by atoms with Crippen molar-refractivity contribution in [2.75, 3.05) is 0 Å². The van der Waals surface area contributed by atoms with E-state index in [1.54, 1.807) is 12.3 Å². The molecule has 2 aromatic heterocycles. The maximum atomic E-state index is 11.6. The molecule has 2 aromatic rings. The Labute approximate surface area is 89.7 Å². The minimum absolute atomic E-state index is 0.0306. The summed E-state index contributed by atoms with van der Waals surface area (Å²) in [6, 6.07) is 1.80. The lowest BCUT2D eigenvalue weighted by atomic mass is 10.1. The third-order valence-electron chi connectivity index (χ3n) is 1.83. The van der Waals surface area contributed by atoms with Crippen LogP contribution in [0.4, 0.5) is 0 Å². The molecule has 0 aliphatic carbocycles. The normalized spacial score (nSPS) is 10.4. The molecule has 0 aliphatic rings. The molecule has 72 valence electrons. The number of halogens is 1. The maximum Gasteiger partial charge on any atom is 0.171 e. The Morgan fingerprint density at radius 1 is 1.64 bits per heavy atom. The van der Waals surface area contributed by atoms with Crippen LogP contribution >= 0.6 is 22.9 Å². The zero-order valence-corrected chi connectivity index (χ0v) is 8.73. The standard InChI is InChI=1S/C9H7ClN2OS/c10-7-1-2-14-9(7)3-8(13)6-4-11-12-5-6/h1-2,4-5H,3H2,(H,11,12). The van der Waals surface area contributed by atoms with E-state index in [9.17, 15) is 4.79 Å². The van der Waals surface area contributed by atoms with Gasteiger partial charge in [0.05, 0.1) is 16.8 Å². The highest BCUT2D eigenvalue weighted by atomic mass is 35.5. The number of nitrogens with one attached hydrogen (secondary N) is 1. The highest BCUT2D eigenvalue weighted by Crippen LogP contribution is 2.23. The molecule has 2 rings (SSSR count). The molecule has 5 heteroatoms. The van der Waals surface area contributed by atoms with E-state index < -0.39 is 0 Å². The van der Waals surface area contributed by atoms with Crippen LogP contribution in [0.5, 0.6) is 0 Å². The summed E-state index contributed by atoms with van der Waals surface area (Å²) in [5.41, 5.74) is 0.592. The second-order valence-corrected chi connectivity index (χ2v) is 4.19. The van der Waals surface area contributed by atoms with E-state index in [2.05, 4.69) is 10.2 Å². The van der Waals surface area contributed by atoms with E-state index >= 15 is 0 Å². The number of aromatic amines is 1. The van der Waals surface area contributed by atoms with Crippen molar-refractivity contribution < 1.29 is 4.79 Å². The molecule has 1 N–H and O–H groups in total. The number of thiophene rings is 1. The number of ketones is 1. The maximum absolute atomic E-state index is 11.6. The van der Waals surface area contributed by atoms with Gasteiger partial charge in [-0.15, -0.1) is 11.3 Å². The van der Waals surface area contributed by atoms with Gasteiger partial charge in [-0.1, -0.05) is 11.6 Å². The summed E-state index contributed by atoms with van der Waals surface area (Å²) in [5, 5.41) is 8.86. The monoisotopic (exact) mass is 226 g/mol. The van der Waals surface area contributed by atoms with Crippen LogP contribution in [0.25, 0.3) is 0 Å². The molecule has 0 bridgehead atoms. The lowest BCUT2D eigenvalue weighted by Gasteiger charge is -1.95. The van der Waals surface area contributed by atoms with Gasteiger partial charge in [0.2, 0.25) is 0 Å². The van der Waals surface area contributed by atoms with Crippen LogP contribution in [0.2, 0.25) is 5.02 Å². The highest BCUT2D eigenvalue weighted by Gasteiger charge is 2.11. The van der Waals surface area contributed by atoms with Gasteiger partial charge in [-0.3, -0.25) is 9.89 Å². The number of H-pyrrole nitrogens is 1. The van der Waals surface area contributed by atoms with Crippen molar-refractivity contribution >= 4 is 28.7 Å². The van der Waals surface area contributed by atoms with Crippen molar-refractivity contribution in [1.29, 1.82) is 0 Å². The van der Waals surface area contributed by atoms with E-state index in [-0.39, 0.29) is 5.78 Å². The van der Waals surface area contributed by atoms with Crippen molar-refractivity contribution in [3.05, 3.63) is 39.3 Å². The van der Waals surface area contributed by atoms with Gasteiger partial charge in [-0.2, -0.15) is 5.10 Å². The quantitative estimate of drug-likeness (QED) is 0.818. The zero-order valence-electron chi connectivity index (χ0n) is 7.16. The van der Waals surface area contributed by atoms with Gasteiger partial charge >= 0.3 is 0 Å². The predicted molar refractivity (Wildman–Crippen MR) is 56.0 cm³/mol. The number of aromatic nitrogens is 2. The average Bonchev–Trinajstić information content (AvgIpc) is 2.77. The first-order valence-electron chi connectivity index (χ1n) is 4.01. The van der Waals surface area contributed by atoms with E-state index in [0.717, 1.165) is 4.88 Å². The fourth-order valence-electron chi connectivity index (χ4n) is 1.10. The van der Waals surface area contributed by atoms with Gasteiger partial charge in [0, 0.05) is 17.5 Å². The molecule has 2 heterocycles. The summed E-state index contributed by atoms with van der Waals surface area (Å²) in [6.07, 6.45) is 3.45. The van der Waals surface area contributed by atoms with Crippen LogP contribution in [0.15, 0.2) is 23.8 Å². The molecule has 0 unspecified atom stereocenters. The molecule has 0 atom stereocenters. The number of nitrogens with zero attached hydrogens (tertiary/aromatic N) is 1. The summed E-state index contributed by atoms with van der Waals surface area (Å²) in [4.78, 5) is 12.5. The molecule has 3 nitrogen and oxygen atoms in total. The van der Waals surface area contributed by atoms with Crippen molar-refractivity contribution in [3.63, 3.8) is 0 Å². The Morgan fingerprint density at radius 3 is 3.07 bits per heavy atom. The lowest BCUT2D eigenvalue weighted by Crippen LogP contribution is -2.00. The number of carbonyl (C=O) groups is 1. The fraction of sp³-hybridized carbons (Fsp3) is 0.111. The van der Waals surface area contributed by atoms with Gasteiger partial charge in [-0.25, -0.2) is 0 Å². The van der Waals surface area contributed by atoms with Gasteiger partial charge in [0.25, 0.3) is 0 Å². The van der Waals surface area contributed by atoms with E-state index in [1.165, 1.54) is 17.5 Å². The number of carbonyl (C=O) groups excluding carboxylic acids is 1. The lowest BCUT2D eigenvalue weighted by molar-refractivity contribution is 0.0994. The predicted octanol–water partition coefficient (Wildman–Crippen LogP) is 2.55. The Morgan fingerprint density at radius 2 is 2.50 bits per heavy atom. The number of hydrogen-bond acceptors (Lipinski definition) is 3. The number of rotatable bonds is 3. The molecule has 0 fully saturated rings.